The van der Waals surface area contributed by atoms with Gasteiger partial charge in [0, 0.05) is 17.6 Å². The lowest BCUT2D eigenvalue weighted by atomic mass is 10.1. The SMILES string of the molecule is COc1cc2[nH]cc(C(=O)Nc3ccccc3F)c2cc1OC. The monoisotopic (exact) mass is 314 g/mol. The van der Waals surface area contributed by atoms with E-state index in [1.54, 1.807) is 37.6 Å². The van der Waals surface area contributed by atoms with E-state index < -0.39 is 11.7 Å². The van der Waals surface area contributed by atoms with Gasteiger partial charge in [-0.1, -0.05) is 12.1 Å². The number of halogens is 1. The van der Waals surface area contributed by atoms with Gasteiger partial charge in [0.05, 0.1) is 31.0 Å². The van der Waals surface area contributed by atoms with Gasteiger partial charge in [-0.3, -0.25) is 4.79 Å². The molecule has 0 spiro atoms. The molecule has 1 amide bonds. The van der Waals surface area contributed by atoms with Crippen LogP contribution in [-0.2, 0) is 0 Å². The molecule has 0 saturated heterocycles. The molecule has 2 aromatic carbocycles. The number of benzene rings is 2. The summed E-state index contributed by atoms with van der Waals surface area (Å²) in [5, 5.41) is 3.23. The molecule has 2 N–H and O–H groups in total. The van der Waals surface area contributed by atoms with E-state index in [-0.39, 0.29) is 5.69 Å². The van der Waals surface area contributed by atoms with Gasteiger partial charge in [0.2, 0.25) is 0 Å². The molecular weight excluding hydrogens is 299 g/mol. The fraction of sp³-hybridized carbons (Fsp3) is 0.118. The first-order valence-electron chi connectivity index (χ1n) is 6.93. The summed E-state index contributed by atoms with van der Waals surface area (Å²) in [6.07, 6.45) is 1.57. The Morgan fingerprint density at radius 2 is 1.83 bits per heavy atom. The smallest absolute Gasteiger partial charge is 0.257 e. The predicted octanol–water partition coefficient (Wildman–Crippen LogP) is 3.58. The first kappa shape index (κ1) is 14.9. The molecule has 3 aromatic rings. The lowest BCUT2D eigenvalue weighted by Gasteiger charge is -2.08. The molecule has 0 radical (unpaired) electrons. The van der Waals surface area contributed by atoms with Crippen LogP contribution in [0.3, 0.4) is 0 Å². The zero-order chi connectivity index (χ0) is 16.4. The standard InChI is InChI=1S/C17H15FN2O3/c1-22-15-7-10-11(9-19-14(10)8-16(15)23-2)17(21)20-13-6-4-3-5-12(13)18/h3-9,19H,1-2H3,(H,20,21). The van der Waals surface area contributed by atoms with Gasteiger partial charge in [-0.05, 0) is 18.2 Å². The van der Waals surface area contributed by atoms with E-state index >= 15 is 0 Å². The Bertz CT molecular complexity index is 873. The maximum atomic E-state index is 13.7. The third-order valence-corrected chi connectivity index (χ3v) is 3.55. The second-order valence-corrected chi connectivity index (χ2v) is 4.89. The number of aromatic amines is 1. The van der Waals surface area contributed by atoms with Crippen LogP contribution in [0.25, 0.3) is 10.9 Å². The van der Waals surface area contributed by atoms with E-state index in [1.165, 1.54) is 19.2 Å². The number of carbonyl (C=O) groups excluding carboxylic acids is 1. The first-order chi connectivity index (χ1) is 11.1. The van der Waals surface area contributed by atoms with Crippen molar-refractivity contribution in [3.8, 4) is 11.5 Å². The summed E-state index contributed by atoms with van der Waals surface area (Å²) in [5.74, 6) is 0.177. The molecule has 0 bridgehead atoms. The Hall–Kier alpha value is -3.02. The molecule has 0 fully saturated rings. The topological polar surface area (TPSA) is 63.4 Å². The molecule has 1 aromatic heterocycles. The molecule has 5 nitrogen and oxygen atoms in total. The van der Waals surface area contributed by atoms with Crippen molar-refractivity contribution in [2.75, 3.05) is 19.5 Å². The number of para-hydroxylation sites is 1. The molecule has 0 saturated carbocycles. The molecule has 0 unspecified atom stereocenters. The predicted molar refractivity (Wildman–Crippen MR) is 85.8 cm³/mol. The summed E-state index contributed by atoms with van der Waals surface area (Å²) in [6, 6.07) is 9.47. The average Bonchev–Trinajstić information content (AvgIpc) is 2.98. The number of hydrogen-bond acceptors (Lipinski definition) is 3. The van der Waals surface area contributed by atoms with E-state index in [0.29, 0.717) is 22.4 Å². The molecular formula is C17H15FN2O3. The summed E-state index contributed by atoms with van der Waals surface area (Å²) in [5.41, 5.74) is 1.25. The Labute approximate surface area is 132 Å². The van der Waals surface area contributed by atoms with Gasteiger partial charge >= 0.3 is 0 Å². The molecule has 23 heavy (non-hydrogen) atoms. The largest absolute Gasteiger partial charge is 0.493 e. The number of ether oxygens (including phenoxy) is 2. The van der Waals surface area contributed by atoms with Gasteiger partial charge in [-0.2, -0.15) is 0 Å². The molecule has 1 heterocycles. The van der Waals surface area contributed by atoms with Crippen molar-refractivity contribution in [1.29, 1.82) is 0 Å². The highest BCUT2D eigenvalue weighted by Crippen LogP contribution is 2.33. The van der Waals surface area contributed by atoms with Crippen molar-refractivity contribution >= 4 is 22.5 Å². The average molecular weight is 314 g/mol. The Morgan fingerprint density at radius 1 is 1.13 bits per heavy atom. The van der Waals surface area contributed by atoms with Crippen molar-refractivity contribution in [2.45, 2.75) is 0 Å². The molecule has 0 aliphatic carbocycles. The third kappa shape index (κ3) is 2.70. The van der Waals surface area contributed by atoms with Gasteiger partial charge in [0.15, 0.2) is 11.5 Å². The number of amides is 1. The second kappa shape index (κ2) is 6.00. The van der Waals surface area contributed by atoms with Gasteiger partial charge in [0.1, 0.15) is 5.82 Å². The highest BCUT2D eigenvalue weighted by molar-refractivity contribution is 6.13. The van der Waals surface area contributed by atoms with Crippen LogP contribution >= 0.6 is 0 Å². The summed E-state index contributed by atoms with van der Waals surface area (Å²) >= 11 is 0. The van der Waals surface area contributed by atoms with Gasteiger partial charge < -0.3 is 19.8 Å². The lowest BCUT2D eigenvalue weighted by Crippen LogP contribution is -2.12. The van der Waals surface area contributed by atoms with Gasteiger partial charge in [-0.15, -0.1) is 0 Å². The van der Waals surface area contributed by atoms with Crippen LogP contribution in [0, 0.1) is 5.82 Å². The Kier molecular flexibility index (Phi) is 3.89. The van der Waals surface area contributed by atoms with E-state index in [0.717, 1.165) is 5.52 Å². The lowest BCUT2D eigenvalue weighted by molar-refractivity contribution is 0.102. The van der Waals surface area contributed by atoms with E-state index in [2.05, 4.69) is 10.3 Å². The molecule has 0 aliphatic rings. The van der Waals surface area contributed by atoms with Crippen LogP contribution in [-0.4, -0.2) is 25.1 Å². The fourth-order valence-electron chi connectivity index (χ4n) is 2.39. The summed E-state index contributed by atoms with van der Waals surface area (Å²) in [6.45, 7) is 0. The fourth-order valence-corrected chi connectivity index (χ4v) is 2.39. The number of carbonyl (C=O) groups is 1. The van der Waals surface area contributed by atoms with Gasteiger partial charge in [-0.25, -0.2) is 4.39 Å². The number of H-pyrrole nitrogens is 1. The van der Waals surface area contributed by atoms with E-state index in [1.807, 2.05) is 0 Å². The summed E-state index contributed by atoms with van der Waals surface area (Å²) in [7, 11) is 3.06. The van der Waals surface area contributed by atoms with Crippen LogP contribution in [0.4, 0.5) is 10.1 Å². The zero-order valence-electron chi connectivity index (χ0n) is 12.6. The number of fused-ring (bicyclic) bond motifs is 1. The number of aromatic nitrogens is 1. The van der Waals surface area contributed by atoms with Crippen LogP contribution in [0.5, 0.6) is 11.5 Å². The molecule has 0 atom stereocenters. The number of hydrogen-bond donors (Lipinski definition) is 2. The molecule has 0 aliphatic heterocycles. The highest BCUT2D eigenvalue weighted by Gasteiger charge is 2.16. The van der Waals surface area contributed by atoms with Crippen molar-refractivity contribution in [1.82, 2.24) is 4.98 Å². The van der Waals surface area contributed by atoms with Crippen molar-refractivity contribution < 1.29 is 18.7 Å². The van der Waals surface area contributed by atoms with Crippen molar-refractivity contribution in [3.63, 3.8) is 0 Å². The molecule has 6 heteroatoms. The first-order valence-corrected chi connectivity index (χ1v) is 6.93. The van der Waals surface area contributed by atoms with Crippen LogP contribution in [0.15, 0.2) is 42.6 Å². The van der Waals surface area contributed by atoms with E-state index in [4.69, 9.17) is 9.47 Å². The Morgan fingerprint density at radius 3 is 2.52 bits per heavy atom. The van der Waals surface area contributed by atoms with Crippen molar-refractivity contribution in [2.24, 2.45) is 0 Å². The molecule has 3 rings (SSSR count). The minimum absolute atomic E-state index is 0.132. The van der Waals surface area contributed by atoms with Crippen LogP contribution < -0.4 is 14.8 Å². The van der Waals surface area contributed by atoms with Crippen LogP contribution in [0.2, 0.25) is 0 Å². The van der Waals surface area contributed by atoms with Crippen LogP contribution in [0.1, 0.15) is 10.4 Å². The van der Waals surface area contributed by atoms with Gasteiger partial charge in [0.25, 0.3) is 5.91 Å². The normalized spacial score (nSPS) is 10.6. The zero-order valence-corrected chi connectivity index (χ0v) is 12.6. The quantitative estimate of drug-likeness (QED) is 0.774. The maximum Gasteiger partial charge on any atom is 0.257 e. The van der Waals surface area contributed by atoms with Crippen molar-refractivity contribution in [3.05, 3.63) is 54.0 Å². The number of nitrogens with one attached hydrogen (secondary N) is 2. The third-order valence-electron chi connectivity index (χ3n) is 3.55. The molecule has 118 valence electrons. The maximum absolute atomic E-state index is 13.7. The van der Waals surface area contributed by atoms with E-state index in [9.17, 15) is 9.18 Å². The minimum Gasteiger partial charge on any atom is -0.493 e. The number of rotatable bonds is 4. The summed E-state index contributed by atoms with van der Waals surface area (Å²) in [4.78, 5) is 15.4. The number of anilines is 1. The Balaban J connectivity index is 1.99. The number of methoxy groups -OCH3 is 2. The summed E-state index contributed by atoms with van der Waals surface area (Å²) < 4.78 is 24.1. The highest BCUT2D eigenvalue weighted by atomic mass is 19.1. The second-order valence-electron chi connectivity index (χ2n) is 4.89. The minimum atomic E-state index is -0.486.